The van der Waals surface area contributed by atoms with Crippen molar-refractivity contribution in [3.8, 4) is 11.5 Å². The Morgan fingerprint density at radius 2 is 1.98 bits per heavy atom. The van der Waals surface area contributed by atoms with Crippen molar-refractivity contribution < 1.29 is 23.8 Å². The van der Waals surface area contributed by atoms with Gasteiger partial charge in [-0.05, 0) is 77.3 Å². The van der Waals surface area contributed by atoms with Crippen LogP contribution in [0.15, 0.2) is 51.2 Å². The standard InChI is InChI=1S/C30H35BrN6O5S/c1-6-43-30-34-29-32-19(4)25(28(39)33-22-9-7-8-17(2)18(22)3)26(37(29)35-30)20-14-21(31)27(23(15-20)40-5)42-16-24(38)36-10-12-41-13-11-36/h7-9,14-15,26H,6,10-13,16H2,1-5H3,(H,33,39)(H,32,34,35). The van der Waals surface area contributed by atoms with Crippen LogP contribution in [-0.4, -0.2) is 77.3 Å². The zero-order valence-electron chi connectivity index (χ0n) is 24.8. The second kappa shape index (κ2) is 13.4. The van der Waals surface area contributed by atoms with Gasteiger partial charge in [-0.3, -0.25) is 9.59 Å². The van der Waals surface area contributed by atoms with Crippen LogP contribution < -0.4 is 20.1 Å². The largest absolute Gasteiger partial charge is 0.493 e. The van der Waals surface area contributed by atoms with E-state index in [1.807, 2.05) is 58.0 Å². The number of hydrogen-bond donors (Lipinski definition) is 2. The average Bonchev–Trinajstić information content (AvgIpc) is 3.39. The second-order valence-electron chi connectivity index (χ2n) is 10.2. The van der Waals surface area contributed by atoms with Gasteiger partial charge < -0.3 is 29.7 Å². The summed E-state index contributed by atoms with van der Waals surface area (Å²) in [4.78, 5) is 33.1. The van der Waals surface area contributed by atoms with E-state index in [0.717, 1.165) is 28.1 Å². The van der Waals surface area contributed by atoms with Crippen molar-refractivity contribution in [3.05, 3.63) is 62.8 Å². The van der Waals surface area contributed by atoms with Crippen LogP contribution in [0.3, 0.4) is 0 Å². The molecule has 0 saturated carbocycles. The Morgan fingerprint density at radius 1 is 1.21 bits per heavy atom. The monoisotopic (exact) mass is 670 g/mol. The summed E-state index contributed by atoms with van der Waals surface area (Å²) in [5.41, 5.74) is 4.68. The van der Waals surface area contributed by atoms with Gasteiger partial charge in [-0.15, -0.1) is 5.10 Å². The molecule has 0 radical (unpaired) electrons. The van der Waals surface area contributed by atoms with Gasteiger partial charge in [0.1, 0.15) is 6.04 Å². The van der Waals surface area contributed by atoms with Crippen molar-refractivity contribution in [2.24, 2.45) is 0 Å². The van der Waals surface area contributed by atoms with E-state index in [2.05, 4.69) is 31.5 Å². The summed E-state index contributed by atoms with van der Waals surface area (Å²) in [5.74, 6) is 1.75. The molecule has 11 nitrogen and oxygen atoms in total. The van der Waals surface area contributed by atoms with Crippen LogP contribution in [0.4, 0.5) is 11.6 Å². The molecule has 1 unspecified atom stereocenters. The van der Waals surface area contributed by atoms with Crippen molar-refractivity contribution in [2.45, 2.75) is 38.9 Å². The van der Waals surface area contributed by atoms with Crippen LogP contribution in [0.2, 0.25) is 0 Å². The van der Waals surface area contributed by atoms with Crippen molar-refractivity contribution in [3.63, 3.8) is 0 Å². The molecule has 228 valence electrons. The summed E-state index contributed by atoms with van der Waals surface area (Å²) in [7, 11) is 1.54. The summed E-state index contributed by atoms with van der Waals surface area (Å²) in [5, 5.41) is 11.8. The molecular formula is C30H35BrN6O5S. The number of morpholine rings is 1. The van der Waals surface area contributed by atoms with E-state index in [1.165, 1.54) is 18.9 Å². The van der Waals surface area contributed by atoms with E-state index in [0.29, 0.717) is 64.6 Å². The van der Waals surface area contributed by atoms with Gasteiger partial charge in [-0.2, -0.15) is 4.98 Å². The van der Waals surface area contributed by atoms with E-state index in [4.69, 9.17) is 19.3 Å². The highest BCUT2D eigenvalue weighted by Gasteiger charge is 2.36. The lowest BCUT2D eigenvalue weighted by atomic mass is 9.94. The molecule has 13 heteroatoms. The lowest BCUT2D eigenvalue weighted by Crippen LogP contribution is -2.43. The zero-order chi connectivity index (χ0) is 30.7. The number of anilines is 2. The number of rotatable bonds is 9. The summed E-state index contributed by atoms with van der Waals surface area (Å²) in [6.45, 7) is 9.84. The van der Waals surface area contributed by atoms with Crippen LogP contribution in [0.5, 0.6) is 11.5 Å². The number of aryl methyl sites for hydroxylation is 1. The Balaban J connectivity index is 1.51. The Labute approximate surface area is 263 Å². The molecular weight excluding hydrogens is 636 g/mol. The van der Waals surface area contributed by atoms with Gasteiger partial charge >= 0.3 is 0 Å². The van der Waals surface area contributed by atoms with E-state index in [-0.39, 0.29) is 18.4 Å². The molecule has 2 aliphatic rings. The molecule has 2 N–H and O–H groups in total. The van der Waals surface area contributed by atoms with Gasteiger partial charge in [-0.25, -0.2) is 4.68 Å². The fourth-order valence-electron chi connectivity index (χ4n) is 5.08. The number of nitrogens with one attached hydrogen (secondary N) is 2. The molecule has 2 aromatic carbocycles. The molecule has 0 aliphatic carbocycles. The maximum atomic E-state index is 14.0. The molecule has 2 aliphatic heterocycles. The van der Waals surface area contributed by atoms with Gasteiger partial charge in [0, 0.05) is 24.5 Å². The molecule has 1 saturated heterocycles. The van der Waals surface area contributed by atoms with Crippen molar-refractivity contribution >= 4 is 51.1 Å². The number of halogens is 1. The maximum absolute atomic E-state index is 14.0. The van der Waals surface area contributed by atoms with Gasteiger partial charge in [0.15, 0.2) is 18.1 Å². The first-order valence-electron chi connectivity index (χ1n) is 14.0. The predicted molar refractivity (Wildman–Crippen MR) is 169 cm³/mol. The van der Waals surface area contributed by atoms with E-state index >= 15 is 0 Å². The number of fused-ring (bicyclic) bond motifs is 1. The minimum atomic E-state index is -0.630. The molecule has 0 spiro atoms. The third kappa shape index (κ3) is 6.53. The molecule has 5 rings (SSSR count). The number of hydrogen-bond acceptors (Lipinski definition) is 9. The molecule has 3 aromatic rings. The highest BCUT2D eigenvalue weighted by molar-refractivity contribution is 9.10. The van der Waals surface area contributed by atoms with E-state index in [9.17, 15) is 9.59 Å². The minimum absolute atomic E-state index is 0.128. The Bertz CT molecular complexity index is 1570. The highest BCUT2D eigenvalue weighted by Crippen LogP contribution is 2.43. The Kier molecular flexibility index (Phi) is 9.62. The first-order chi connectivity index (χ1) is 20.7. The number of carbonyl (C=O) groups is 2. The second-order valence-corrected chi connectivity index (χ2v) is 12.3. The molecule has 2 amide bonds. The number of aromatic nitrogens is 3. The van der Waals surface area contributed by atoms with Crippen molar-refractivity contribution in [1.29, 1.82) is 0 Å². The quantitative estimate of drug-likeness (QED) is 0.305. The first kappa shape index (κ1) is 30.9. The molecule has 43 heavy (non-hydrogen) atoms. The number of amides is 2. The fraction of sp³-hybridized carbons (Fsp3) is 0.400. The van der Waals surface area contributed by atoms with Crippen LogP contribution >= 0.6 is 27.7 Å². The van der Waals surface area contributed by atoms with E-state index < -0.39 is 6.04 Å². The highest BCUT2D eigenvalue weighted by atomic mass is 79.9. The summed E-state index contributed by atoms with van der Waals surface area (Å²) >= 11 is 5.15. The molecule has 1 aromatic heterocycles. The molecule has 3 heterocycles. The summed E-state index contributed by atoms with van der Waals surface area (Å²) in [6, 6.07) is 8.87. The van der Waals surface area contributed by atoms with Crippen LogP contribution in [0, 0.1) is 13.8 Å². The van der Waals surface area contributed by atoms with Crippen LogP contribution in [-0.2, 0) is 14.3 Å². The zero-order valence-corrected chi connectivity index (χ0v) is 27.2. The van der Waals surface area contributed by atoms with Gasteiger partial charge in [-0.1, -0.05) is 30.8 Å². The van der Waals surface area contributed by atoms with Crippen molar-refractivity contribution in [1.82, 2.24) is 19.7 Å². The normalized spacial score (nSPS) is 16.4. The number of allylic oxidation sites excluding steroid dienone is 1. The van der Waals surface area contributed by atoms with Crippen LogP contribution in [0.1, 0.15) is 36.6 Å². The molecule has 1 fully saturated rings. The lowest BCUT2D eigenvalue weighted by Gasteiger charge is -2.29. The van der Waals surface area contributed by atoms with Crippen LogP contribution in [0.25, 0.3) is 0 Å². The third-order valence-corrected chi connectivity index (χ3v) is 8.78. The van der Waals surface area contributed by atoms with Gasteiger partial charge in [0.05, 0.1) is 30.4 Å². The third-order valence-electron chi connectivity index (χ3n) is 7.48. The number of carbonyl (C=O) groups excluding carboxylic acids is 2. The fourth-order valence-corrected chi connectivity index (χ4v) is 6.20. The van der Waals surface area contributed by atoms with Gasteiger partial charge in [0.2, 0.25) is 11.1 Å². The number of benzene rings is 2. The van der Waals surface area contributed by atoms with E-state index in [1.54, 1.807) is 9.58 Å². The SMILES string of the molecule is CCSc1nc2n(n1)C(c1cc(Br)c(OCC(=O)N3CCOCC3)c(OC)c1)C(C(=O)Nc1cccc(C)c1C)=C(C)N2. The summed E-state index contributed by atoms with van der Waals surface area (Å²) in [6.07, 6.45) is 0. The topological polar surface area (TPSA) is 120 Å². The molecule has 1 atom stereocenters. The Morgan fingerprint density at radius 3 is 2.70 bits per heavy atom. The first-order valence-corrected chi connectivity index (χ1v) is 15.8. The smallest absolute Gasteiger partial charge is 0.260 e. The number of methoxy groups -OCH3 is 1. The number of nitrogens with zero attached hydrogens (tertiary/aromatic N) is 4. The lowest BCUT2D eigenvalue weighted by molar-refractivity contribution is -0.137. The number of thioether (sulfide) groups is 1. The van der Waals surface area contributed by atoms with Crippen molar-refractivity contribution in [2.75, 3.05) is 56.4 Å². The summed E-state index contributed by atoms with van der Waals surface area (Å²) < 4.78 is 19.4. The molecule has 0 bridgehead atoms. The van der Waals surface area contributed by atoms with Gasteiger partial charge in [0.25, 0.3) is 11.8 Å². The Hall–Kier alpha value is -3.55. The maximum Gasteiger partial charge on any atom is 0.260 e. The minimum Gasteiger partial charge on any atom is -0.493 e. The predicted octanol–water partition coefficient (Wildman–Crippen LogP) is 4.94. The number of ether oxygens (including phenoxy) is 3. The average molecular weight is 672 g/mol.